The highest BCUT2D eigenvalue weighted by atomic mass is 79.9. The zero-order valence-corrected chi connectivity index (χ0v) is 9.77. The molecule has 2 N–H and O–H groups in total. The molecule has 0 aliphatic heterocycles. The predicted octanol–water partition coefficient (Wildman–Crippen LogP) is 2.43. The maximum Gasteiger partial charge on any atom is 0.0644 e. The summed E-state index contributed by atoms with van der Waals surface area (Å²) < 4.78 is 1.09. The third-order valence-electron chi connectivity index (χ3n) is 1.57. The standard InChI is InChI=1S/C9H13BrN2S/c10-8-3-1-5-12-9(8)7-13-6-2-4-11/h1,3,5H,2,4,6-7,11H2. The van der Waals surface area contributed by atoms with Crippen LogP contribution in [0.15, 0.2) is 22.8 Å². The smallest absolute Gasteiger partial charge is 0.0644 e. The van der Waals surface area contributed by atoms with Gasteiger partial charge in [0.1, 0.15) is 0 Å². The molecular weight excluding hydrogens is 248 g/mol. The molecule has 13 heavy (non-hydrogen) atoms. The first-order valence-electron chi connectivity index (χ1n) is 4.22. The molecule has 0 fully saturated rings. The first-order chi connectivity index (χ1) is 6.34. The number of nitrogens with zero attached hydrogens (tertiary/aromatic N) is 1. The number of rotatable bonds is 5. The zero-order valence-electron chi connectivity index (χ0n) is 7.37. The summed E-state index contributed by atoms with van der Waals surface area (Å²) in [6.45, 7) is 0.774. The normalized spacial score (nSPS) is 10.3. The van der Waals surface area contributed by atoms with E-state index < -0.39 is 0 Å². The molecule has 1 aromatic rings. The Morgan fingerprint density at radius 1 is 1.54 bits per heavy atom. The molecule has 72 valence electrons. The van der Waals surface area contributed by atoms with Crippen LogP contribution >= 0.6 is 27.7 Å². The summed E-state index contributed by atoms with van der Waals surface area (Å²) in [5.41, 5.74) is 6.51. The Kier molecular flexibility index (Phi) is 5.43. The molecular formula is C9H13BrN2S. The number of hydrogen-bond acceptors (Lipinski definition) is 3. The third-order valence-corrected chi connectivity index (χ3v) is 3.34. The van der Waals surface area contributed by atoms with E-state index in [2.05, 4.69) is 20.9 Å². The molecule has 0 aliphatic rings. The summed E-state index contributed by atoms with van der Waals surface area (Å²) in [5.74, 6) is 2.07. The number of pyridine rings is 1. The van der Waals surface area contributed by atoms with Crippen molar-refractivity contribution < 1.29 is 0 Å². The van der Waals surface area contributed by atoms with E-state index in [1.165, 1.54) is 0 Å². The van der Waals surface area contributed by atoms with Crippen LogP contribution in [0.3, 0.4) is 0 Å². The van der Waals surface area contributed by atoms with Gasteiger partial charge >= 0.3 is 0 Å². The highest BCUT2D eigenvalue weighted by Gasteiger charge is 1.99. The molecule has 0 aliphatic carbocycles. The van der Waals surface area contributed by atoms with E-state index in [1.54, 1.807) is 0 Å². The molecule has 2 nitrogen and oxygen atoms in total. The second-order valence-corrected chi connectivity index (χ2v) is 4.59. The molecule has 0 spiro atoms. The summed E-state index contributed by atoms with van der Waals surface area (Å²) in [4.78, 5) is 4.28. The Hall–Kier alpha value is -0.0600. The molecule has 0 bridgehead atoms. The van der Waals surface area contributed by atoms with Crippen molar-refractivity contribution in [2.75, 3.05) is 12.3 Å². The average Bonchev–Trinajstić information content (AvgIpc) is 2.15. The number of thioether (sulfide) groups is 1. The fourth-order valence-corrected chi connectivity index (χ4v) is 2.40. The lowest BCUT2D eigenvalue weighted by atomic mass is 10.4. The monoisotopic (exact) mass is 260 g/mol. The fourth-order valence-electron chi connectivity index (χ4n) is 0.879. The minimum atomic E-state index is 0.774. The Bertz CT molecular complexity index is 255. The van der Waals surface area contributed by atoms with Gasteiger partial charge < -0.3 is 5.73 Å². The van der Waals surface area contributed by atoms with Crippen LogP contribution in [0.2, 0.25) is 0 Å². The Morgan fingerprint density at radius 2 is 2.38 bits per heavy atom. The van der Waals surface area contributed by atoms with E-state index in [0.717, 1.165) is 34.6 Å². The van der Waals surface area contributed by atoms with Crippen LogP contribution in [0.4, 0.5) is 0 Å². The third kappa shape index (κ3) is 4.11. The summed E-state index contributed by atoms with van der Waals surface area (Å²) in [6.07, 6.45) is 2.90. The first kappa shape index (κ1) is 11.0. The predicted molar refractivity (Wildman–Crippen MR) is 61.8 cm³/mol. The van der Waals surface area contributed by atoms with E-state index >= 15 is 0 Å². The van der Waals surface area contributed by atoms with Gasteiger partial charge in [0.2, 0.25) is 0 Å². The topological polar surface area (TPSA) is 38.9 Å². The SMILES string of the molecule is NCCCSCc1ncccc1Br. The number of hydrogen-bond donors (Lipinski definition) is 1. The molecule has 0 radical (unpaired) electrons. The minimum absolute atomic E-state index is 0.774. The van der Waals surface area contributed by atoms with Crippen LogP contribution < -0.4 is 5.73 Å². The van der Waals surface area contributed by atoms with Gasteiger partial charge in [0.15, 0.2) is 0 Å². The van der Waals surface area contributed by atoms with Gasteiger partial charge in [-0.2, -0.15) is 11.8 Å². The lowest BCUT2D eigenvalue weighted by Gasteiger charge is -2.01. The lowest BCUT2D eigenvalue weighted by Crippen LogP contribution is -1.99. The van der Waals surface area contributed by atoms with Crippen molar-refractivity contribution in [2.24, 2.45) is 5.73 Å². The highest BCUT2D eigenvalue weighted by molar-refractivity contribution is 9.10. The van der Waals surface area contributed by atoms with Gasteiger partial charge in [-0.25, -0.2) is 0 Å². The summed E-state index contributed by atoms with van der Waals surface area (Å²) in [5, 5.41) is 0. The second-order valence-electron chi connectivity index (χ2n) is 2.63. The average molecular weight is 261 g/mol. The number of halogens is 1. The summed E-state index contributed by atoms with van der Waals surface area (Å²) in [6, 6.07) is 3.95. The molecule has 0 amide bonds. The maximum absolute atomic E-state index is 5.40. The van der Waals surface area contributed by atoms with Crippen molar-refractivity contribution >= 4 is 27.7 Å². The highest BCUT2D eigenvalue weighted by Crippen LogP contribution is 2.19. The van der Waals surface area contributed by atoms with E-state index in [9.17, 15) is 0 Å². The van der Waals surface area contributed by atoms with Crippen molar-refractivity contribution in [3.63, 3.8) is 0 Å². The molecule has 0 saturated heterocycles. The lowest BCUT2D eigenvalue weighted by molar-refractivity contribution is 0.942. The van der Waals surface area contributed by atoms with Gasteiger partial charge in [-0.1, -0.05) is 0 Å². The van der Waals surface area contributed by atoms with Gasteiger partial charge in [-0.3, -0.25) is 4.98 Å². The molecule has 0 atom stereocenters. The molecule has 0 saturated carbocycles. The van der Waals surface area contributed by atoms with Gasteiger partial charge in [-0.15, -0.1) is 0 Å². The molecule has 1 aromatic heterocycles. The van der Waals surface area contributed by atoms with Crippen LogP contribution in [-0.2, 0) is 5.75 Å². The Labute approximate surface area is 91.4 Å². The molecule has 0 aromatic carbocycles. The van der Waals surface area contributed by atoms with Crippen LogP contribution in [0.5, 0.6) is 0 Å². The van der Waals surface area contributed by atoms with Gasteiger partial charge in [0, 0.05) is 16.4 Å². The Balaban J connectivity index is 2.32. The largest absolute Gasteiger partial charge is 0.330 e. The van der Waals surface area contributed by atoms with Crippen molar-refractivity contribution in [3.8, 4) is 0 Å². The molecule has 0 unspecified atom stereocenters. The van der Waals surface area contributed by atoms with E-state index in [0.29, 0.717) is 0 Å². The van der Waals surface area contributed by atoms with Crippen molar-refractivity contribution in [3.05, 3.63) is 28.5 Å². The van der Waals surface area contributed by atoms with E-state index in [-0.39, 0.29) is 0 Å². The fraction of sp³-hybridized carbons (Fsp3) is 0.444. The molecule has 1 heterocycles. The van der Waals surface area contributed by atoms with Gasteiger partial charge in [0.25, 0.3) is 0 Å². The van der Waals surface area contributed by atoms with Crippen LogP contribution in [0, 0.1) is 0 Å². The minimum Gasteiger partial charge on any atom is -0.330 e. The second kappa shape index (κ2) is 6.40. The zero-order chi connectivity index (χ0) is 9.52. The van der Waals surface area contributed by atoms with Crippen LogP contribution in [0.25, 0.3) is 0 Å². The quantitative estimate of drug-likeness (QED) is 0.827. The van der Waals surface area contributed by atoms with Gasteiger partial charge in [0.05, 0.1) is 5.69 Å². The first-order valence-corrected chi connectivity index (χ1v) is 6.16. The number of aromatic nitrogens is 1. The van der Waals surface area contributed by atoms with Crippen molar-refractivity contribution in [1.82, 2.24) is 4.98 Å². The summed E-state index contributed by atoms with van der Waals surface area (Å²) in [7, 11) is 0. The molecule has 4 heteroatoms. The summed E-state index contributed by atoms with van der Waals surface area (Å²) >= 11 is 5.34. The number of nitrogens with two attached hydrogens (primary N) is 1. The Morgan fingerprint density at radius 3 is 3.08 bits per heavy atom. The van der Waals surface area contributed by atoms with E-state index in [1.807, 2.05) is 30.1 Å². The van der Waals surface area contributed by atoms with E-state index in [4.69, 9.17) is 5.73 Å². The molecule has 1 rings (SSSR count). The van der Waals surface area contributed by atoms with Crippen molar-refractivity contribution in [1.29, 1.82) is 0 Å². The van der Waals surface area contributed by atoms with Gasteiger partial charge in [-0.05, 0) is 46.8 Å². The maximum atomic E-state index is 5.40. The van der Waals surface area contributed by atoms with Crippen molar-refractivity contribution in [2.45, 2.75) is 12.2 Å². The van der Waals surface area contributed by atoms with Crippen LogP contribution in [0.1, 0.15) is 12.1 Å². The van der Waals surface area contributed by atoms with Crippen LogP contribution in [-0.4, -0.2) is 17.3 Å².